The van der Waals surface area contributed by atoms with Crippen LogP contribution in [0.15, 0.2) is 11.6 Å². The molecular weight excluding hydrogens is 412 g/mol. The standard InChI is InChI=1S/C29H46O4/c1-26(2)23-10-7-18-20-9-8-19(17-15-22(30)25(32)27(3,4)33-16-17)28(20,5)13-11-21(18)29(23,6)14-12-24(26)31/h7,17,19-23,25,30,32H,8-16H2,1-6H3/t17-,19+,20-,21+,22-,23+,25+,28+,29-/m1/s1. The minimum absolute atomic E-state index is 0.213. The van der Waals surface area contributed by atoms with Crippen LogP contribution in [-0.2, 0) is 9.53 Å². The maximum Gasteiger partial charge on any atom is 0.138 e. The normalized spacial score (nSPS) is 51.1. The Morgan fingerprint density at radius 1 is 0.939 bits per heavy atom. The number of aliphatic hydroxyl groups excluding tert-OH is 2. The smallest absolute Gasteiger partial charge is 0.138 e. The number of carbonyl (C=O) groups excluding carboxylic acids is 1. The van der Waals surface area contributed by atoms with Gasteiger partial charge in [-0.25, -0.2) is 0 Å². The molecule has 5 aliphatic rings. The van der Waals surface area contributed by atoms with E-state index in [0.717, 1.165) is 19.3 Å². The molecule has 0 aromatic rings. The zero-order chi connectivity index (χ0) is 24.0. The lowest BCUT2D eigenvalue weighted by Gasteiger charge is -2.60. The van der Waals surface area contributed by atoms with Crippen molar-refractivity contribution in [1.29, 1.82) is 0 Å². The third kappa shape index (κ3) is 3.37. The number of hydrogen-bond acceptors (Lipinski definition) is 4. The van der Waals surface area contributed by atoms with Gasteiger partial charge in [0.05, 0.1) is 18.3 Å². The number of hydrogen-bond donors (Lipinski definition) is 2. The van der Waals surface area contributed by atoms with Crippen molar-refractivity contribution in [3.8, 4) is 0 Å². The fourth-order valence-corrected chi connectivity index (χ4v) is 9.60. The number of ether oxygens (including phenoxy) is 1. The summed E-state index contributed by atoms with van der Waals surface area (Å²) in [5.74, 6) is 2.95. The van der Waals surface area contributed by atoms with Gasteiger partial charge >= 0.3 is 0 Å². The van der Waals surface area contributed by atoms with Crippen molar-refractivity contribution in [1.82, 2.24) is 0 Å². The van der Waals surface area contributed by atoms with Crippen LogP contribution in [0, 0.1) is 45.8 Å². The lowest BCUT2D eigenvalue weighted by Crippen LogP contribution is -2.55. The van der Waals surface area contributed by atoms with Crippen molar-refractivity contribution < 1.29 is 19.7 Å². The topological polar surface area (TPSA) is 66.8 Å². The van der Waals surface area contributed by atoms with Gasteiger partial charge in [0.1, 0.15) is 11.9 Å². The molecule has 3 saturated carbocycles. The molecule has 0 spiro atoms. The highest BCUT2D eigenvalue weighted by Gasteiger charge is 2.61. The van der Waals surface area contributed by atoms with Crippen LogP contribution in [0.4, 0.5) is 0 Å². The second-order valence-electron chi connectivity index (χ2n) is 13.9. The van der Waals surface area contributed by atoms with Crippen molar-refractivity contribution in [3.05, 3.63) is 11.6 Å². The van der Waals surface area contributed by atoms with Crippen molar-refractivity contribution in [2.75, 3.05) is 6.61 Å². The molecule has 33 heavy (non-hydrogen) atoms. The van der Waals surface area contributed by atoms with Gasteiger partial charge in [-0.1, -0.05) is 39.3 Å². The van der Waals surface area contributed by atoms with Crippen LogP contribution < -0.4 is 0 Å². The zero-order valence-electron chi connectivity index (χ0n) is 21.7. The average Bonchev–Trinajstić information content (AvgIpc) is 3.06. The Morgan fingerprint density at radius 3 is 2.36 bits per heavy atom. The van der Waals surface area contributed by atoms with Crippen molar-refractivity contribution in [3.63, 3.8) is 0 Å². The maximum atomic E-state index is 12.8. The molecular formula is C29H46O4. The summed E-state index contributed by atoms with van der Waals surface area (Å²) in [6.45, 7) is 13.8. The van der Waals surface area contributed by atoms with Gasteiger partial charge in [0.2, 0.25) is 0 Å². The molecule has 0 aromatic carbocycles. The number of rotatable bonds is 1. The predicted molar refractivity (Wildman–Crippen MR) is 130 cm³/mol. The van der Waals surface area contributed by atoms with Crippen molar-refractivity contribution in [2.24, 2.45) is 45.8 Å². The molecule has 4 aliphatic carbocycles. The van der Waals surface area contributed by atoms with E-state index in [1.807, 2.05) is 13.8 Å². The lowest BCUT2D eigenvalue weighted by molar-refractivity contribution is -0.144. The Hall–Kier alpha value is -0.710. The number of ketones is 1. The number of carbonyl (C=O) groups is 1. The zero-order valence-corrected chi connectivity index (χ0v) is 21.7. The third-order valence-corrected chi connectivity index (χ3v) is 11.7. The fraction of sp³-hybridized carbons (Fsp3) is 0.897. The molecule has 1 heterocycles. The second-order valence-corrected chi connectivity index (χ2v) is 13.9. The van der Waals surface area contributed by atoms with Gasteiger partial charge in [-0.2, -0.15) is 0 Å². The molecule has 1 aliphatic heterocycles. The molecule has 1 saturated heterocycles. The number of fused-ring (bicyclic) bond motifs is 5. The minimum atomic E-state index is -0.835. The summed E-state index contributed by atoms with van der Waals surface area (Å²) >= 11 is 0. The first-order chi connectivity index (χ1) is 15.3. The van der Waals surface area contributed by atoms with E-state index in [-0.39, 0.29) is 16.2 Å². The van der Waals surface area contributed by atoms with Gasteiger partial charge in [-0.15, -0.1) is 0 Å². The van der Waals surface area contributed by atoms with Gasteiger partial charge in [0.25, 0.3) is 0 Å². The van der Waals surface area contributed by atoms with E-state index in [2.05, 4.69) is 33.8 Å². The molecule has 4 nitrogen and oxygen atoms in total. The van der Waals surface area contributed by atoms with Crippen LogP contribution in [-0.4, -0.2) is 40.4 Å². The summed E-state index contributed by atoms with van der Waals surface area (Å²) in [6.07, 6.45) is 9.33. The van der Waals surface area contributed by atoms with Gasteiger partial charge in [0, 0.05) is 11.8 Å². The van der Waals surface area contributed by atoms with Crippen LogP contribution >= 0.6 is 0 Å². The predicted octanol–water partition coefficient (Wildman–Crippen LogP) is 5.31. The summed E-state index contributed by atoms with van der Waals surface area (Å²) in [4.78, 5) is 12.8. The van der Waals surface area contributed by atoms with Gasteiger partial charge in [0.15, 0.2) is 0 Å². The largest absolute Gasteiger partial charge is 0.390 e. The highest BCUT2D eigenvalue weighted by molar-refractivity contribution is 5.85. The van der Waals surface area contributed by atoms with Crippen LogP contribution in [0.3, 0.4) is 0 Å². The first-order valence-electron chi connectivity index (χ1n) is 13.6. The third-order valence-electron chi connectivity index (χ3n) is 11.7. The van der Waals surface area contributed by atoms with Crippen LogP contribution in [0.25, 0.3) is 0 Å². The quantitative estimate of drug-likeness (QED) is 0.523. The van der Waals surface area contributed by atoms with E-state index in [0.29, 0.717) is 48.4 Å². The molecule has 2 N–H and O–H groups in total. The SMILES string of the molecule is CC1(C)OC[C@H]([C@@H]2CC[C@@H]3C4=CC[C@H]5C(C)(C)C(=O)CC[C@]5(C)[C@H]4CC[C@]32C)C[C@@H](O)[C@@H]1O. The Kier molecular flexibility index (Phi) is 5.56. The molecule has 4 heteroatoms. The summed E-state index contributed by atoms with van der Waals surface area (Å²) in [5, 5.41) is 21.3. The van der Waals surface area contributed by atoms with Crippen LogP contribution in [0.1, 0.15) is 92.9 Å². The van der Waals surface area contributed by atoms with E-state index in [1.54, 1.807) is 5.57 Å². The summed E-state index contributed by atoms with van der Waals surface area (Å²) in [7, 11) is 0. The highest BCUT2D eigenvalue weighted by Crippen LogP contribution is 2.68. The first kappa shape index (κ1) is 24.0. The fourth-order valence-electron chi connectivity index (χ4n) is 9.60. The number of Topliss-reactive ketones (excluding diaryl/α,β-unsaturated/α-hetero) is 1. The second kappa shape index (κ2) is 7.64. The van der Waals surface area contributed by atoms with E-state index in [1.165, 1.54) is 25.7 Å². The van der Waals surface area contributed by atoms with Gasteiger partial charge in [-0.05, 0) is 99.2 Å². The van der Waals surface area contributed by atoms with Crippen molar-refractivity contribution in [2.45, 2.75) is 111 Å². The monoisotopic (exact) mass is 458 g/mol. The van der Waals surface area contributed by atoms with Gasteiger partial charge in [-0.3, -0.25) is 4.79 Å². The Balaban J connectivity index is 1.42. The Labute approximate surface area is 200 Å². The average molecular weight is 459 g/mol. The molecule has 4 fully saturated rings. The molecule has 0 aromatic heterocycles. The van der Waals surface area contributed by atoms with Crippen LogP contribution in [0.2, 0.25) is 0 Å². The summed E-state index contributed by atoms with van der Waals surface area (Å²) in [6, 6.07) is 0. The maximum absolute atomic E-state index is 12.8. The molecule has 9 atom stereocenters. The lowest BCUT2D eigenvalue weighted by atomic mass is 9.44. The van der Waals surface area contributed by atoms with Crippen molar-refractivity contribution >= 4 is 5.78 Å². The first-order valence-corrected chi connectivity index (χ1v) is 13.6. The van der Waals surface area contributed by atoms with E-state index in [4.69, 9.17) is 4.74 Å². The highest BCUT2D eigenvalue weighted by atomic mass is 16.5. The molecule has 5 rings (SSSR count). The van der Waals surface area contributed by atoms with Gasteiger partial charge < -0.3 is 14.9 Å². The van der Waals surface area contributed by atoms with E-state index < -0.39 is 17.8 Å². The number of allylic oxidation sites excluding steroid dienone is 2. The summed E-state index contributed by atoms with van der Waals surface area (Å²) in [5.41, 5.74) is 1.25. The van der Waals surface area contributed by atoms with Crippen LogP contribution in [0.5, 0.6) is 0 Å². The molecule has 0 amide bonds. The Morgan fingerprint density at radius 2 is 1.64 bits per heavy atom. The molecule has 0 bridgehead atoms. The number of aliphatic hydroxyl groups is 2. The molecule has 0 unspecified atom stereocenters. The molecule has 0 radical (unpaired) electrons. The molecule has 186 valence electrons. The minimum Gasteiger partial charge on any atom is -0.390 e. The summed E-state index contributed by atoms with van der Waals surface area (Å²) < 4.78 is 6.19. The van der Waals surface area contributed by atoms with E-state index >= 15 is 0 Å². The van der Waals surface area contributed by atoms with E-state index in [9.17, 15) is 15.0 Å². The Bertz CT molecular complexity index is 843.